The minimum Gasteiger partial charge on any atom is -0.494 e. The van der Waals surface area contributed by atoms with Gasteiger partial charge in [0.05, 0.1) is 12.5 Å². The fourth-order valence-corrected chi connectivity index (χ4v) is 2.84. The first-order chi connectivity index (χ1) is 9.63. The Kier molecular flexibility index (Phi) is 5.01. The summed E-state index contributed by atoms with van der Waals surface area (Å²) in [6, 6.07) is 7.88. The third-order valence-corrected chi connectivity index (χ3v) is 3.94. The molecule has 2 rings (SSSR count). The summed E-state index contributed by atoms with van der Waals surface area (Å²) in [4.78, 5) is 14.2. The van der Waals surface area contributed by atoms with Crippen molar-refractivity contribution in [3.63, 3.8) is 0 Å². The predicted molar refractivity (Wildman–Crippen MR) is 79.4 cm³/mol. The second-order valence-electron chi connectivity index (χ2n) is 5.44. The van der Waals surface area contributed by atoms with E-state index in [1.165, 1.54) is 0 Å². The molecule has 1 fully saturated rings. The monoisotopic (exact) mass is 276 g/mol. The molecule has 0 heterocycles. The van der Waals surface area contributed by atoms with Crippen LogP contribution in [-0.2, 0) is 11.3 Å². The maximum atomic E-state index is 12.4. The molecule has 0 aliphatic heterocycles. The fraction of sp³-hybridized carbons (Fsp3) is 0.562. The van der Waals surface area contributed by atoms with Crippen LogP contribution in [0.3, 0.4) is 0 Å². The molecular formula is C16H24N2O2. The van der Waals surface area contributed by atoms with Crippen molar-refractivity contribution in [2.75, 3.05) is 13.7 Å². The predicted octanol–water partition coefficient (Wildman–Crippen LogP) is 2.17. The van der Waals surface area contributed by atoms with Gasteiger partial charge < -0.3 is 15.4 Å². The van der Waals surface area contributed by atoms with Gasteiger partial charge in [0.1, 0.15) is 5.75 Å². The highest BCUT2D eigenvalue weighted by Gasteiger charge is 2.32. The molecule has 2 N–H and O–H groups in total. The Hall–Kier alpha value is -1.55. The average molecular weight is 276 g/mol. The average Bonchev–Trinajstić information content (AvgIpc) is 2.86. The second kappa shape index (κ2) is 6.75. The Labute approximate surface area is 120 Å². The van der Waals surface area contributed by atoms with Gasteiger partial charge in [-0.2, -0.15) is 0 Å². The van der Waals surface area contributed by atoms with E-state index >= 15 is 0 Å². The molecule has 1 aromatic carbocycles. The van der Waals surface area contributed by atoms with Crippen molar-refractivity contribution in [3.05, 3.63) is 29.8 Å². The Balaban J connectivity index is 2.03. The highest BCUT2D eigenvalue weighted by atomic mass is 16.5. The van der Waals surface area contributed by atoms with Crippen LogP contribution >= 0.6 is 0 Å². The fourth-order valence-electron chi connectivity index (χ4n) is 2.84. The molecule has 20 heavy (non-hydrogen) atoms. The van der Waals surface area contributed by atoms with Crippen molar-refractivity contribution in [2.45, 2.75) is 38.8 Å². The van der Waals surface area contributed by atoms with Gasteiger partial charge in [0.15, 0.2) is 0 Å². The molecule has 0 aromatic heterocycles. The summed E-state index contributed by atoms with van der Waals surface area (Å²) in [6.07, 6.45) is 2.93. The standard InChI is InChI=1S/C16H24N2O2/c1-3-20-15-10-5-4-7-12(15)11-18(2)16(19)13-8-6-9-14(13)17/h4-5,7,10,13-14H,3,6,8-9,11,17H2,1-2H3. The van der Waals surface area contributed by atoms with E-state index in [1.807, 2.05) is 38.2 Å². The van der Waals surface area contributed by atoms with E-state index in [0.29, 0.717) is 13.2 Å². The van der Waals surface area contributed by atoms with E-state index in [1.54, 1.807) is 4.90 Å². The van der Waals surface area contributed by atoms with Gasteiger partial charge in [0, 0.05) is 25.2 Å². The van der Waals surface area contributed by atoms with Crippen molar-refractivity contribution in [1.82, 2.24) is 4.90 Å². The third kappa shape index (κ3) is 3.31. The van der Waals surface area contributed by atoms with E-state index in [-0.39, 0.29) is 17.9 Å². The van der Waals surface area contributed by atoms with Crippen molar-refractivity contribution in [1.29, 1.82) is 0 Å². The quantitative estimate of drug-likeness (QED) is 0.896. The number of hydrogen-bond acceptors (Lipinski definition) is 3. The minimum atomic E-state index is -0.0146. The molecule has 0 bridgehead atoms. The van der Waals surface area contributed by atoms with Crippen LogP contribution < -0.4 is 10.5 Å². The van der Waals surface area contributed by atoms with E-state index in [9.17, 15) is 4.79 Å². The van der Waals surface area contributed by atoms with E-state index < -0.39 is 0 Å². The van der Waals surface area contributed by atoms with Crippen LogP contribution in [0.1, 0.15) is 31.7 Å². The van der Waals surface area contributed by atoms with Crippen molar-refractivity contribution in [2.24, 2.45) is 11.7 Å². The first-order valence-corrected chi connectivity index (χ1v) is 7.34. The molecule has 0 saturated heterocycles. The number of nitrogens with two attached hydrogens (primary N) is 1. The minimum absolute atomic E-state index is 0.0146. The largest absolute Gasteiger partial charge is 0.494 e. The summed E-state index contributed by atoms with van der Waals surface area (Å²) >= 11 is 0. The zero-order valence-electron chi connectivity index (χ0n) is 12.3. The lowest BCUT2D eigenvalue weighted by Gasteiger charge is -2.24. The number of ether oxygens (including phenoxy) is 1. The maximum Gasteiger partial charge on any atom is 0.227 e. The number of nitrogens with zero attached hydrogens (tertiary/aromatic N) is 1. The second-order valence-corrected chi connectivity index (χ2v) is 5.44. The molecule has 110 valence electrons. The van der Waals surface area contributed by atoms with Crippen LogP contribution in [0.2, 0.25) is 0 Å². The molecule has 2 unspecified atom stereocenters. The van der Waals surface area contributed by atoms with Crippen molar-refractivity contribution in [3.8, 4) is 5.75 Å². The Bertz CT molecular complexity index is 462. The number of hydrogen-bond donors (Lipinski definition) is 1. The summed E-state index contributed by atoms with van der Waals surface area (Å²) in [6.45, 7) is 3.16. The van der Waals surface area contributed by atoms with Crippen molar-refractivity contribution >= 4 is 5.91 Å². The van der Waals surface area contributed by atoms with Crippen LogP contribution in [0.25, 0.3) is 0 Å². The van der Waals surface area contributed by atoms with E-state index in [2.05, 4.69) is 0 Å². The summed E-state index contributed by atoms with van der Waals surface area (Å²) in [7, 11) is 1.84. The SMILES string of the molecule is CCOc1ccccc1CN(C)C(=O)C1CCCC1N. The van der Waals surface area contributed by atoms with E-state index in [4.69, 9.17) is 10.5 Å². The molecule has 4 heteroatoms. The molecule has 1 amide bonds. The zero-order chi connectivity index (χ0) is 14.5. The first-order valence-electron chi connectivity index (χ1n) is 7.34. The highest BCUT2D eigenvalue weighted by molar-refractivity contribution is 5.79. The number of benzene rings is 1. The maximum absolute atomic E-state index is 12.4. The summed E-state index contributed by atoms with van der Waals surface area (Å²) in [5.74, 6) is 0.992. The van der Waals surface area contributed by atoms with Gasteiger partial charge >= 0.3 is 0 Å². The molecule has 4 nitrogen and oxygen atoms in total. The van der Waals surface area contributed by atoms with Gasteiger partial charge in [-0.1, -0.05) is 24.6 Å². The van der Waals surface area contributed by atoms with Gasteiger partial charge in [-0.3, -0.25) is 4.79 Å². The van der Waals surface area contributed by atoms with Gasteiger partial charge in [-0.25, -0.2) is 0 Å². The molecular weight excluding hydrogens is 252 g/mol. The Morgan fingerprint density at radius 1 is 1.40 bits per heavy atom. The topological polar surface area (TPSA) is 55.6 Å². The van der Waals surface area contributed by atoms with Crippen LogP contribution in [0.5, 0.6) is 5.75 Å². The van der Waals surface area contributed by atoms with Crippen LogP contribution in [0.4, 0.5) is 0 Å². The van der Waals surface area contributed by atoms with E-state index in [0.717, 1.165) is 30.6 Å². The number of amides is 1. The van der Waals surface area contributed by atoms with Gasteiger partial charge in [-0.05, 0) is 25.8 Å². The van der Waals surface area contributed by atoms with Crippen LogP contribution in [-0.4, -0.2) is 30.5 Å². The van der Waals surface area contributed by atoms with Crippen LogP contribution in [0.15, 0.2) is 24.3 Å². The number of carbonyl (C=O) groups is 1. The lowest BCUT2D eigenvalue weighted by atomic mass is 10.0. The van der Waals surface area contributed by atoms with Gasteiger partial charge in [0.25, 0.3) is 0 Å². The number of rotatable bonds is 5. The molecule has 0 spiro atoms. The first kappa shape index (κ1) is 14.9. The zero-order valence-corrected chi connectivity index (χ0v) is 12.3. The molecule has 0 radical (unpaired) electrons. The van der Waals surface area contributed by atoms with Gasteiger partial charge in [-0.15, -0.1) is 0 Å². The third-order valence-electron chi connectivity index (χ3n) is 3.94. The van der Waals surface area contributed by atoms with Crippen molar-refractivity contribution < 1.29 is 9.53 Å². The molecule has 1 aliphatic rings. The molecule has 2 atom stereocenters. The summed E-state index contributed by atoms with van der Waals surface area (Å²) in [5, 5.41) is 0. The normalized spacial score (nSPS) is 21.8. The van der Waals surface area contributed by atoms with Crippen LogP contribution in [0, 0.1) is 5.92 Å². The highest BCUT2D eigenvalue weighted by Crippen LogP contribution is 2.27. The number of para-hydroxylation sites is 1. The molecule has 1 aliphatic carbocycles. The molecule has 1 saturated carbocycles. The Morgan fingerprint density at radius 2 is 2.15 bits per heavy atom. The smallest absolute Gasteiger partial charge is 0.227 e. The van der Waals surface area contributed by atoms with Gasteiger partial charge in [0.2, 0.25) is 5.91 Å². The lowest BCUT2D eigenvalue weighted by Crippen LogP contribution is -2.39. The summed E-state index contributed by atoms with van der Waals surface area (Å²) < 4.78 is 5.60. The Morgan fingerprint density at radius 3 is 2.80 bits per heavy atom. The summed E-state index contributed by atoms with van der Waals surface area (Å²) in [5.41, 5.74) is 7.06. The number of carbonyl (C=O) groups excluding carboxylic acids is 1. The lowest BCUT2D eigenvalue weighted by molar-refractivity contribution is -0.134. The molecule has 1 aromatic rings.